The Hall–Kier alpha value is -2.66. The van der Waals surface area contributed by atoms with Crippen molar-refractivity contribution in [2.24, 2.45) is 5.92 Å². The number of aromatic nitrogens is 1. The van der Waals surface area contributed by atoms with E-state index in [1.54, 1.807) is 0 Å². The highest BCUT2D eigenvalue weighted by Gasteiger charge is 2.27. The van der Waals surface area contributed by atoms with E-state index >= 15 is 0 Å². The number of amides is 1. The number of carbonyl (C=O) groups excluding carboxylic acids is 1. The molecular weight excluding hydrogens is 374 g/mol. The third-order valence-electron chi connectivity index (χ3n) is 6.62. The Morgan fingerprint density at radius 3 is 2.63 bits per heavy atom. The summed E-state index contributed by atoms with van der Waals surface area (Å²) >= 11 is 0. The van der Waals surface area contributed by atoms with Crippen LogP contribution in [0, 0.1) is 12.8 Å². The summed E-state index contributed by atoms with van der Waals surface area (Å²) in [4.78, 5) is 21.2. The number of rotatable bonds is 5. The van der Waals surface area contributed by atoms with E-state index in [0.29, 0.717) is 17.7 Å². The Kier molecular flexibility index (Phi) is 5.30. The molecule has 156 valence electrons. The molecule has 1 aromatic heterocycles. The number of nitrogens with zero attached hydrogens (tertiary/aromatic N) is 3. The molecule has 5 nitrogen and oxygen atoms in total. The smallest absolute Gasteiger partial charge is 0.226 e. The third-order valence-corrected chi connectivity index (χ3v) is 6.62. The SMILES string of the molecule is Cc1oc(-c2ccc3ccccc3c2)nc1CN1CCC(CN2CCCC2=O)CC1. The number of piperidine rings is 1. The Labute approximate surface area is 177 Å². The van der Waals surface area contributed by atoms with Gasteiger partial charge in [0.25, 0.3) is 0 Å². The fourth-order valence-electron chi connectivity index (χ4n) is 4.77. The number of benzene rings is 2. The van der Waals surface area contributed by atoms with E-state index in [9.17, 15) is 4.79 Å². The molecule has 0 bridgehead atoms. The van der Waals surface area contributed by atoms with Crippen molar-refractivity contribution < 1.29 is 9.21 Å². The first-order chi connectivity index (χ1) is 14.7. The highest BCUT2D eigenvalue weighted by atomic mass is 16.4. The number of fused-ring (bicyclic) bond motifs is 1. The van der Waals surface area contributed by atoms with Gasteiger partial charge in [0.1, 0.15) is 5.76 Å². The summed E-state index contributed by atoms with van der Waals surface area (Å²) in [5, 5.41) is 2.43. The van der Waals surface area contributed by atoms with Crippen LogP contribution in [0.4, 0.5) is 0 Å². The van der Waals surface area contributed by atoms with Crippen molar-refractivity contribution in [1.82, 2.24) is 14.8 Å². The molecule has 3 heterocycles. The second-order valence-electron chi connectivity index (χ2n) is 8.75. The first-order valence-corrected chi connectivity index (χ1v) is 11.1. The molecule has 0 N–H and O–H groups in total. The van der Waals surface area contributed by atoms with Crippen LogP contribution in [0.1, 0.15) is 37.1 Å². The van der Waals surface area contributed by atoms with Gasteiger partial charge in [0, 0.05) is 31.6 Å². The van der Waals surface area contributed by atoms with Crippen LogP contribution in [-0.2, 0) is 11.3 Å². The molecule has 0 radical (unpaired) electrons. The van der Waals surface area contributed by atoms with Crippen LogP contribution in [0.15, 0.2) is 46.9 Å². The van der Waals surface area contributed by atoms with E-state index in [0.717, 1.165) is 75.4 Å². The van der Waals surface area contributed by atoms with Gasteiger partial charge < -0.3 is 9.32 Å². The molecule has 5 heteroatoms. The van der Waals surface area contributed by atoms with Gasteiger partial charge in [-0.2, -0.15) is 0 Å². The summed E-state index contributed by atoms with van der Waals surface area (Å²) < 4.78 is 6.03. The zero-order chi connectivity index (χ0) is 20.5. The number of hydrogen-bond acceptors (Lipinski definition) is 4. The normalized spacial score (nSPS) is 18.6. The summed E-state index contributed by atoms with van der Waals surface area (Å²) in [7, 11) is 0. The second-order valence-corrected chi connectivity index (χ2v) is 8.75. The first kappa shape index (κ1) is 19.3. The van der Waals surface area contributed by atoms with Crippen LogP contribution in [0.5, 0.6) is 0 Å². The van der Waals surface area contributed by atoms with Gasteiger partial charge >= 0.3 is 0 Å². The molecule has 0 aliphatic carbocycles. The maximum atomic E-state index is 11.9. The van der Waals surface area contributed by atoms with Crippen LogP contribution >= 0.6 is 0 Å². The van der Waals surface area contributed by atoms with Crippen LogP contribution < -0.4 is 0 Å². The molecule has 2 aromatic carbocycles. The van der Waals surface area contributed by atoms with Crippen molar-refractivity contribution in [3.63, 3.8) is 0 Å². The Balaban J connectivity index is 1.22. The summed E-state index contributed by atoms with van der Waals surface area (Å²) in [6.07, 6.45) is 4.07. The number of hydrogen-bond donors (Lipinski definition) is 0. The molecule has 0 atom stereocenters. The van der Waals surface area contributed by atoms with Crippen LogP contribution in [0.25, 0.3) is 22.2 Å². The first-order valence-electron chi connectivity index (χ1n) is 11.1. The molecule has 0 saturated carbocycles. The second kappa shape index (κ2) is 8.23. The molecule has 0 unspecified atom stereocenters. The van der Waals surface area contributed by atoms with Gasteiger partial charge in [-0.3, -0.25) is 9.69 Å². The van der Waals surface area contributed by atoms with E-state index in [1.807, 2.05) is 6.92 Å². The van der Waals surface area contributed by atoms with Crippen molar-refractivity contribution >= 4 is 16.7 Å². The molecule has 1 amide bonds. The maximum Gasteiger partial charge on any atom is 0.226 e. The number of likely N-dealkylation sites (tertiary alicyclic amines) is 2. The van der Waals surface area contributed by atoms with E-state index in [-0.39, 0.29) is 0 Å². The molecule has 0 spiro atoms. The monoisotopic (exact) mass is 403 g/mol. The minimum atomic E-state index is 0.344. The van der Waals surface area contributed by atoms with Gasteiger partial charge in [0.15, 0.2) is 0 Å². The number of carbonyl (C=O) groups is 1. The lowest BCUT2D eigenvalue weighted by Gasteiger charge is -2.33. The van der Waals surface area contributed by atoms with Gasteiger partial charge in [-0.15, -0.1) is 0 Å². The highest BCUT2D eigenvalue weighted by molar-refractivity contribution is 5.86. The Morgan fingerprint density at radius 1 is 1.07 bits per heavy atom. The van der Waals surface area contributed by atoms with Crippen LogP contribution in [-0.4, -0.2) is 46.9 Å². The molecule has 30 heavy (non-hydrogen) atoms. The highest BCUT2D eigenvalue weighted by Crippen LogP contribution is 2.27. The van der Waals surface area contributed by atoms with E-state index < -0.39 is 0 Å². The minimum Gasteiger partial charge on any atom is -0.441 e. The summed E-state index contributed by atoms with van der Waals surface area (Å²) in [5.74, 6) is 2.59. The number of oxazole rings is 1. The third kappa shape index (κ3) is 3.99. The summed E-state index contributed by atoms with van der Waals surface area (Å²) in [5.41, 5.74) is 2.06. The van der Waals surface area contributed by atoms with Gasteiger partial charge in [0.2, 0.25) is 11.8 Å². The molecule has 2 fully saturated rings. The van der Waals surface area contributed by atoms with Crippen LogP contribution in [0.3, 0.4) is 0 Å². The largest absolute Gasteiger partial charge is 0.441 e. The zero-order valence-electron chi connectivity index (χ0n) is 17.6. The molecule has 2 aliphatic heterocycles. The Bertz CT molecular complexity index is 1050. The fourth-order valence-corrected chi connectivity index (χ4v) is 4.77. The Morgan fingerprint density at radius 2 is 1.87 bits per heavy atom. The van der Waals surface area contributed by atoms with Crippen LogP contribution in [0.2, 0.25) is 0 Å². The topological polar surface area (TPSA) is 49.6 Å². The minimum absolute atomic E-state index is 0.344. The molecule has 3 aromatic rings. The average molecular weight is 404 g/mol. The summed E-state index contributed by atoms with van der Waals surface area (Å²) in [6, 6.07) is 14.7. The average Bonchev–Trinajstić information content (AvgIpc) is 3.34. The standard InChI is InChI=1S/C25H29N3O2/c1-18-23(17-27-13-10-19(11-14-27)16-28-12-4-7-24(28)29)26-25(30-18)22-9-8-20-5-2-3-6-21(20)15-22/h2-3,5-6,8-9,15,19H,4,7,10-14,16-17H2,1H3. The predicted molar refractivity (Wildman–Crippen MR) is 118 cm³/mol. The van der Waals surface area contributed by atoms with E-state index in [2.05, 4.69) is 52.3 Å². The summed E-state index contributed by atoms with van der Waals surface area (Å²) in [6.45, 7) is 6.86. The zero-order valence-corrected chi connectivity index (χ0v) is 17.6. The number of aryl methyl sites for hydroxylation is 1. The lowest BCUT2D eigenvalue weighted by atomic mass is 9.96. The van der Waals surface area contributed by atoms with Gasteiger partial charge in [-0.1, -0.05) is 30.3 Å². The lowest BCUT2D eigenvalue weighted by molar-refractivity contribution is -0.128. The van der Waals surface area contributed by atoms with Crippen molar-refractivity contribution in [1.29, 1.82) is 0 Å². The quantitative estimate of drug-likeness (QED) is 0.623. The molecule has 2 aliphatic rings. The van der Waals surface area contributed by atoms with E-state index in [1.165, 1.54) is 10.8 Å². The van der Waals surface area contributed by atoms with E-state index in [4.69, 9.17) is 9.40 Å². The van der Waals surface area contributed by atoms with Gasteiger partial charge in [-0.05, 0) is 68.1 Å². The van der Waals surface area contributed by atoms with Crippen molar-refractivity contribution in [3.05, 3.63) is 53.9 Å². The fraction of sp³-hybridized carbons (Fsp3) is 0.440. The lowest BCUT2D eigenvalue weighted by Crippen LogP contribution is -2.39. The molecule has 2 saturated heterocycles. The van der Waals surface area contributed by atoms with Crippen molar-refractivity contribution in [3.8, 4) is 11.5 Å². The van der Waals surface area contributed by atoms with Crippen molar-refractivity contribution in [2.45, 2.75) is 39.2 Å². The molecular formula is C25H29N3O2. The maximum absolute atomic E-state index is 11.9. The predicted octanol–water partition coefficient (Wildman–Crippen LogP) is 4.64. The molecule has 5 rings (SSSR count). The van der Waals surface area contributed by atoms with Crippen molar-refractivity contribution in [2.75, 3.05) is 26.2 Å². The van der Waals surface area contributed by atoms with Gasteiger partial charge in [-0.25, -0.2) is 4.98 Å². The van der Waals surface area contributed by atoms with Gasteiger partial charge in [0.05, 0.1) is 5.69 Å².